The van der Waals surface area contributed by atoms with Gasteiger partial charge < -0.3 is 49.7 Å². The summed E-state index contributed by atoms with van der Waals surface area (Å²) in [6.45, 7) is 2.76. The van der Waals surface area contributed by atoms with Crippen LogP contribution in [0.15, 0.2) is 109 Å². The molecule has 0 aliphatic heterocycles. The van der Waals surface area contributed by atoms with Crippen LogP contribution in [0.1, 0.15) is 155 Å². The van der Waals surface area contributed by atoms with Crippen LogP contribution in [-0.4, -0.2) is 114 Å². The number of phosphoric ester groups is 2. The molecule has 1 rings (SSSR count). The van der Waals surface area contributed by atoms with Crippen molar-refractivity contribution in [1.82, 2.24) is 0 Å². The number of hydrogen-bond donors (Lipinski definition) is 8. The number of hydrogen-bond acceptors (Lipinski definition) is 14. The molecule has 0 aromatic heterocycles. The maximum atomic E-state index is 13.0. The number of rotatable bonds is 42. The molecule has 6 unspecified atom stereocenters. The van der Waals surface area contributed by atoms with Crippen LogP contribution in [0.3, 0.4) is 0 Å². The molecular formula is C54H88O17P2. The summed E-state index contributed by atoms with van der Waals surface area (Å²) < 4.78 is 49.3. The second-order valence-electron chi connectivity index (χ2n) is 17.7. The second-order valence-corrected chi connectivity index (χ2v) is 20.3. The quantitative estimate of drug-likeness (QED) is 0.00928. The van der Waals surface area contributed by atoms with Gasteiger partial charge >= 0.3 is 27.6 Å². The standard InChI is InChI=1S/C54H88O17P2/c1-3-5-7-9-11-13-15-17-19-21-22-23-24-26-28-30-32-34-36-38-40-48(57)69-46(44-68-73(65,66)71-54-51(60)49(58)50(59)53(52(54)61)70-72(62,63)64)43-67-47(56)42-41-45(55)39-37-35-33-31-29-27-25-20-18-16-14-12-10-8-6-4-2/h6,8,12-15,18-21,23-24,27,29,33,35,37,39,45-46,49-55,58-61H,3-5,7,9-11,16-17,22,25-26,28,30-32,34,36,38,40-44H2,1-2H3,(H,65,66)(H2,62,63,64)/b8-6-,14-12-,15-13-,20-18-,21-19-,24-23-,29-27-,35-33-,39-37-/t45?,46-,49?,50?,51?,52?,53-,54+/m1/s1. The Morgan fingerprint density at radius 2 is 1.00 bits per heavy atom. The molecule has 0 saturated heterocycles. The summed E-state index contributed by atoms with van der Waals surface area (Å²) in [6.07, 6.45) is 39.2. The molecule has 1 aliphatic rings. The second kappa shape index (κ2) is 42.8. The summed E-state index contributed by atoms with van der Waals surface area (Å²) in [5.74, 6) is -1.51. The maximum Gasteiger partial charge on any atom is 0.472 e. The van der Waals surface area contributed by atoms with Crippen LogP contribution in [0.4, 0.5) is 0 Å². The first kappa shape index (κ1) is 67.6. The highest BCUT2D eigenvalue weighted by atomic mass is 31.2. The predicted octanol–water partition coefficient (Wildman–Crippen LogP) is 9.87. The number of aliphatic hydroxyl groups excluding tert-OH is 5. The van der Waals surface area contributed by atoms with E-state index in [1.807, 2.05) is 12.2 Å². The third-order valence-electron chi connectivity index (χ3n) is 11.2. The predicted molar refractivity (Wildman–Crippen MR) is 284 cm³/mol. The topological polar surface area (TPSA) is 276 Å². The molecule has 0 radical (unpaired) electrons. The molecule has 416 valence electrons. The molecule has 0 heterocycles. The zero-order valence-corrected chi connectivity index (χ0v) is 44.9. The first-order valence-corrected chi connectivity index (χ1v) is 29.1. The van der Waals surface area contributed by atoms with Gasteiger partial charge in [-0.15, -0.1) is 0 Å². The number of aliphatic hydroxyl groups is 5. The summed E-state index contributed by atoms with van der Waals surface area (Å²) in [5, 5.41) is 51.7. The van der Waals surface area contributed by atoms with Gasteiger partial charge in [-0.2, -0.15) is 0 Å². The van der Waals surface area contributed by atoms with E-state index in [0.717, 1.165) is 83.5 Å². The lowest BCUT2D eigenvalue weighted by molar-refractivity contribution is -0.216. The Bertz CT molecular complexity index is 1830. The molecule has 0 amide bonds. The van der Waals surface area contributed by atoms with Crippen molar-refractivity contribution < 1.29 is 82.0 Å². The van der Waals surface area contributed by atoms with E-state index in [9.17, 15) is 58.9 Å². The molecule has 0 spiro atoms. The monoisotopic (exact) mass is 1070 g/mol. The van der Waals surface area contributed by atoms with E-state index in [0.29, 0.717) is 12.8 Å². The average Bonchev–Trinajstić information content (AvgIpc) is 3.35. The van der Waals surface area contributed by atoms with Gasteiger partial charge in [0.05, 0.1) is 12.7 Å². The molecule has 0 aromatic carbocycles. The Kier molecular flexibility index (Phi) is 39.7. The van der Waals surface area contributed by atoms with E-state index in [-0.39, 0.29) is 19.3 Å². The third kappa shape index (κ3) is 37.1. The lowest BCUT2D eigenvalue weighted by Crippen LogP contribution is -2.64. The van der Waals surface area contributed by atoms with Gasteiger partial charge in [-0.25, -0.2) is 9.13 Å². The average molecular weight is 1070 g/mol. The summed E-state index contributed by atoms with van der Waals surface area (Å²) in [5.41, 5.74) is 0. The molecule has 1 fully saturated rings. The fourth-order valence-electron chi connectivity index (χ4n) is 7.14. The largest absolute Gasteiger partial charge is 0.472 e. The van der Waals surface area contributed by atoms with E-state index >= 15 is 0 Å². The van der Waals surface area contributed by atoms with Crippen LogP contribution < -0.4 is 0 Å². The lowest BCUT2D eigenvalue weighted by atomic mass is 9.85. The van der Waals surface area contributed by atoms with Crippen molar-refractivity contribution >= 4 is 27.6 Å². The van der Waals surface area contributed by atoms with Gasteiger partial charge in [-0.1, -0.05) is 168 Å². The smallest absolute Gasteiger partial charge is 0.462 e. The Labute approximate surface area is 434 Å². The van der Waals surface area contributed by atoms with Crippen molar-refractivity contribution in [1.29, 1.82) is 0 Å². The molecule has 9 atom stereocenters. The molecule has 73 heavy (non-hydrogen) atoms. The fourth-order valence-corrected chi connectivity index (χ4v) is 8.68. The highest BCUT2D eigenvalue weighted by Crippen LogP contribution is 2.49. The van der Waals surface area contributed by atoms with Gasteiger partial charge in [0.25, 0.3) is 0 Å². The zero-order valence-electron chi connectivity index (χ0n) is 43.1. The Morgan fingerprint density at radius 1 is 0.521 bits per heavy atom. The Morgan fingerprint density at radius 3 is 1.53 bits per heavy atom. The summed E-state index contributed by atoms with van der Waals surface area (Å²) in [6, 6.07) is 0. The highest BCUT2D eigenvalue weighted by Gasteiger charge is 2.54. The van der Waals surface area contributed by atoms with E-state index < -0.39 is 89.6 Å². The number of allylic oxidation sites excluding steroid dienone is 17. The van der Waals surface area contributed by atoms with E-state index in [2.05, 4.69) is 97.4 Å². The number of phosphoric acid groups is 2. The third-order valence-corrected chi connectivity index (χ3v) is 12.7. The van der Waals surface area contributed by atoms with Crippen molar-refractivity contribution in [3.05, 3.63) is 109 Å². The zero-order chi connectivity index (χ0) is 54.0. The van der Waals surface area contributed by atoms with Gasteiger partial charge in [0.2, 0.25) is 0 Å². The molecule has 17 nitrogen and oxygen atoms in total. The lowest BCUT2D eigenvalue weighted by Gasteiger charge is -2.43. The molecule has 0 bridgehead atoms. The molecule has 8 N–H and O–H groups in total. The normalized spacial score (nSPS) is 21.9. The van der Waals surface area contributed by atoms with E-state index in [1.165, 1.54) is 31.8 Å². The van der Waals surface area contributed by atoms with Crippen molar-refractivity contribution in [3.63, 3.8) is 0 Å². The maximum absolute atomic E-state index is 13.0. The van der Waals surface area contributed by atoms with Crippen molar-refractivity contribution in [2.75, 3.05) is 13.2 Å². The summed E-state index contributed by atoms with van der Waals surface area (Å²) in [4.78, 5) is 54.5. The van der Waals surface area contributed by atoms with Gasteiger partial charge in [-0.3, -0.25) is 23.2 Å². The number of carbonyl (C=O) groups excluding carboxylic acids is 2. The SMILES string of the molecule is CC/C=C\C/C=C\C/C=C\C/C=C\C/C=C\C=C/C(O)CCC(=O)OC[C@H](COP(=O)(O)O[C@H]1C(O)C(O)C(O)[C@@H](OP(=O)(O)O)C1O)OC(=O)CCCCCCCC/C=C\C/C=C\C/C=C\CCCCCC. The van der Waals surface area contributed by atoms with Crippen LogP contribution in [0.5, 0.6) is 0 Å². The number of ether oxygens (including phenoxy) is 2. The highest BCUT2D eigenvalue weighted by molar-refractivity contribution is 7.47. The first-order valence-electron chi connectivity index (χ1n) is 26.0. The van der Waals surface area contributed by atoms with E-state index in [1.54, 1.807) is 12.2 Å². The van der Waals surface area contributed by atoms with Crippen LogP contribution in [0.25, 0.3) is 0 Å². The molecule has 0 aromatic rings. The van der Waals surface area contributed by atoms with E-state index in [4.69, 9.17) is 18.5 Å². The minimum absolute atomic E-state index is 0.00803. The van der Waals surface area contributed by atoms with Crippen molar-refractivity contribution in [2.24, 2.45) is 0 Å². The summed E-state index contributed by atoms with van der Waals surface area (Å²) >= 11 is 0. The number of carbonyl (C=O) groups is 2. The fraction of sp³-hybridized carbons (Fsp3) is 0.630. The van der Waals surface area contributed by atoms with Gasteiger partial charge in [0, 0.05) is 12.8 Å². The van der Waals surface area contributed by atoms with Crippen LogP contribution >= 0.6 is 15.6 Å². The molecule has 1 saturated carbocycles. The number of unbranched alkanes of at least 4 members (excludes halogenated alkanes) is 10. The molecular weight excluding hydrogens is 983 g/mol. The van der Waals surface area contributed by atoms with Gasteiger partial charge in [-0.05, 0) is 83.5 Å². The Hall–Kier alpha value is -3.38. The molecule has 19 heteroatoms. The van der Waals surface area contributed by atoms with Gasteiger partial charge in [0.1, 0.15) is 43.2 Å². The Balaban J connectivity index is 2.66. The van der Waals surface area contributed by atoms with Crippen LogP contribution in [0, 0.1) is 0 Å². The number of esters is 2. The first-order chi connectivity index (χ1) is 35.0. The molecule has 1 aliphatic carbocycles. The van der Waals surface area contributed by atoms with Gasteiger partial charge in [0.15, 0.2) is 6.10 Å². The minimum atomic E-state index is -5.40. The summed E-state index contributed by atoms with van der Waals surface area (Å²) in [7, 11) is -10.8. The van der Waals surface area contributed by atoms with Crippen LogP contribution in [0.2, 0.25) is 0 Å². The van der Waals surface area contributed by atoms with Crippen molar-refractivity contribution in [3.8, 4) is 0 Å². The van der Waals surface area contributed by atoms with Crippen LogP contribution in [-0.2, 0) is 41.8 Å². The minimum Gasteiger partial charge on any atom is -0.462 e. The van der Waals surface area contributed by atoms with Crippen molar-refractivity contribution in [2.45, 2.75) is 204 Å².